The van der Waals surface area contributed by atoms with Crippen LogP contribution in [0.4, 0.5) is 17.2 Å². The molecule has 0 bridgehead atoms. The molecule has 1 heterocycles. The first-order valence-corrected chi connectivity index (χ1v) is 7.98. The maximum absolute atomic E-state index is 9.35. The molecule has 0 radical (unpaired) electrons. The van der Waals surface area contributed by atoms with Gasteiger partial charge in [-0.2, -0.15) is 5.26 Å². The standard InChI is InChI=1S/C16H10Br2N4/c17-13-3-2-12(7-14(13)18)21-16-10(8-19)5-9-6-11(20)1-4-15(9)22-16/h1-7H,20H2,(H,21,22). The van der Waals surface area contributed by atoms with Crippen molar-refractivity contribution in [2.75, 3.05) is 11.1 Å². The molecule has 6 heteroatoms. The molecule has 0 aliphatic heterocycles. The maximum Gasteiger partial charge on any atom is 0.149 e. The lowest BCUT2D eigenvalue weighted by Crippen LogP contribution is -1.98. The first-order chi connectivity index (χ1) is 10.6. The van der Waals surface area contributed by atoms with E-state index in [9.17, 15) is 5.26 Å². The number of nitrogens with zero attached hydrogens (tertiary/aromatic N) is 2. The van der Waals surface area contributed by atoms with Gasteiger partial charge in [0.2, 0.25) is 0 Å². The zero-order valence-electron chi connectivity index (χ0n) is 11.3. The molecular formula is C16H10Br2N4. The number of aromatic nitrogens is 1. The zero-order valence-corrected chi connectivity index (χ0v) is 14.4. The highest BCUT2D eigenvalue weighted by Crippen LogP contribution is 2.29. The number of fused-ring (bicyclic) bond motifs is 1. The lowest BCUT2D eigenvalue weighted by atomic mass is 10.1. The van der Waals surface area contributed by atoms with Crippen molar-refractivity contribution >= 4 is 60.0 Å². The van der Waals surface area contributed by atoms with Gasteiger partial charge >= 0.3 is 0 Å². The smallest absolute Gasteiger partial charge is 0.149 e. The summed E-state index contributed by atoms with van der Waals surface area (Å²) in [5.74, 6) is 0.522. The van der Waals surface area contributed by atoms with Gasteiger partial charge in [-0.3, -0.25) is 0 Å². The molecule has 22 heavy (non-hydrogen) atoms. The van der Waals surface area contributed by atoms with Crippen molar-refractivity contribution in [1.29, 1.82) is 5.26 Å². The second kappa shape index (κ2) is 5.95. The summed E-state index contributed by atoms with van der Waals surface area (Å²) in [6.07, 6.45) is 0. The summed E-state index contributed by atoms with van der Waals surface area (Å²) in [6.45, 7) is 0. The average molecular weight is 418 g/mol. The molecule has 0 amide bonds. The number of rotatable bonds is 2. The zero-order chi connectivity index (χ0) is 15.7. The van der Waals surface area contributed by atoms with Crippen LogP contribution in [0, 0.1) is 11.3 Å². The minimum absolute atomic E-state index is 0.470. The van der Waals surface area contributed by atoms with Crippen molar-refractivity contribution in [1.82, 2.24) is 4.98 Å². The van der Waals surface area contributed by atoms with Crippen LogP contribution in [0.1, 0.15) is 5.56 Å². The highest BCUT2D eigenvalue weighted by molar-refractivity contribution is 9.13. The Balaban J connectivity index is 2.07. The molecule has 0 saturated carbocycles. The SMILES string of the molecule is N#Cc1cc2cc(N)ccc2nc1Nc1ccc(Br)c(Br)c1. The van der Waals surface area contributed by atoms with Gasteiger partial charge in [0.15, 0.2) is 0 Å². The van der Waals surface area contributed by atoms with E-state index in [1.54, 1.807) is 12.1 Å². The van der Waals surface area contributed by atoms with Crippen LogP contribution in [-0.4, -0.2) is 4.98 Å². The van der Waals surface area contributed by atoms with E-state index in [-0.39, 0.29) is 0 Å². The van der Waals surface area contributed by atoms with E-state index in [1.807, 2.05) is 30.3 Å². The van der Waals surface area contributed by atoms with Crippen LogP contribution >= 0.6 is 31.9 Å². The summed E-state index contributed by atoms with van der Waals surface area (Å²) in [5, 5.41) is 13.4. The van der Waals surface area contributed by atoms with Crippen molar-refractivity contribution in [2.45, 2.75) is 0 Å². The van der Waals surface area contributed by atoms with Crippen molar-refractivity contribution < 1.29 is 0 Å². The van der Waals surface area contributed by atoms with Crippen LogP contribution in [-0.2, 0) is 0 Å². The van der Waals surface area contributed by atoms with Gasteiger partial charge in [-0.05, 0) is 74.3 Å². The number of pyridine rings is 1. The number of nitriles is 1. The summed E-state index contributed by atoms with van der Waals surface area (Å²) in [4.78, 5) is 4.52. The van der Waals surface area contributed by atoms with Gasteiger partial charge in [-0.25, -0.2) is 4.98 Å². The summed E-state index contributed by atoms with van der Waals surface area (Å²) in [7, 11) is 0. The van der Waals surface area contributed by atoms with Crippen LogP contribution in [0.2, 0.25) is 0 Å². The van der Waals surface area contributed by atoms with Gasteiger partial charge in [0.25, 0.3) is 0 Å². The molecular weight excluding hydrogens is 408 g/mol. The van der Waals surface area contributed by atoms with Gasteiger partial charge in [-0.1, -0.05) is 0 Å². The van der Waals surface area contributed by atoms with E-state index >= 15 is 0 Å². The highest BCUT2D eigenvalue weighted by Gasteiger charge is 2.08. The molecule has 0 aliphatic rings. The van der Waals surface area contributed by atoms with Crippen molar-refractivity contribution in [2.24, 2.45) is 0 Å². The van der Waals surface area contributed by atoms with Crippen LogP contribution < -0.4 is 11.1 Å². The first-order valence-electron chi connectivity index (χ1n) is 6.39. The summed E-state index contributed by atoms with van der Waals surface area (Å²) in [5.41, 5.74) is 8.52. The molecule has 3 aromatic rings. The summed E-state index contributed by atoms with van der Waals surface area (Å²) >= 11 is 6.88. The number of nitrogen functional groups attached to an aromatic ring is 1. The first kappa shape index (κ1) is 14.8. The normalized spacial score (nSPS) is 10.4. The topological polar surface area (TPSA) is 74.7 Å². The Kier molecular flexibility index (Phi) is 4.01. The van der Waals surface area contributed by atoms with E-state index in [4.69, 9.17) is 5.73 Å². The molecule has 3 rings (SSSR count). The molecule has 0 spiro atoms. The van der Waals surface area contributed by atoms with Crippen LogP contribution in [0.3, 0.4) is 0 Å². The summed E-state index contributed by atoms with van der Waals surface area (Å²) in [6, 6.07) is 15.1. The Bertz CT molecular complexity index is 916. The molecule has 3 N–H and O–H groups in total. The number of anilines is 3. The van der Waals surface area contributed by atoms with Gasteiger partial charge < -0.3 is 11.1 Å². The number of hydrogen-bond acceptors (Lipinski definition) is 4. The fourth-order valence-electron chi connectivity index (χ4n) is 2.09. The largest absolute Gasteiger partial charge is 0.399 e. The number of nitrogens with two attached hydrogens (primary N) is 1. The van der Waals surface area contributed by atoms with Crippen LogP contribution in [0.25, 0.3) is 10.9 Å². The minimum atomic E-state index is 0.470. The lowest BCUT2D eigenvalue weighted by Gasteiger charge is -2.10. The monoisotopic (exact) mass is 416 g/mol. The Morgan fingerprint density at radius 2 is 1.86 bits per heavy atom. The Hall–Kier alpha value is -2.10. The van der Waals surface area contributed by atoms with Crippen molar-refractivity contribution in [3.05, 3.63) is 57.0 Å². The predicted octanol–water partition coefficient (Wildman–Crippen LogP) is 4.96. The van der Waals surface area contributed by atoms with E-state index in [1.165, 1.54) is 0 Å². The molecule has 2 aromatic carbocycles. The Morgan fingerprint density at radius 1 is 1.05 bits per heavy atom. The maximum atomic E-state index is 9.35. The quantitative estimate of drug-likeness (QED) is 0.578. The van der Waals surface area contributed by atoms with Gasteiger partial charge in [0, 0.05) is 25.7 Å². The average Bonchev–Trinajstić information content (AvgIpc) is 2.50. The van der Waals surface area contributed by atoms with E-state index < -0.39 is 0 Å². The number of hydrogen-bond donors (Lipinski definition) is 2. The molecule has 108 valence electrons. The number of nitrogens with one attached hydrogen (secondary N) is 1. The number of benzene rings is 2. The third-order valence-corrected chi connectivity index (χ3v) is 5.02. The van der Waals surface area contributed by atoms with E-state index in [0.29, 0.717) is 17.1 Å². The second-order valence-corrected chi connectivity index (χ2v) is 6.41. The van der Waals surface area contributed by atoms with E-state index in [2.05, 4.69) is 48.2 Å². The summed E-state index contributed by atoms with van der Waals surface area (Å²) < 4.78 is 1.88. The fourth-order valence-corrected chi connectivity index (χ4v) is 2.71. The van der Waals surface area contributed by atoms with Gasteiger partial charge in [0.1, 0.15) is 11.9 Å². The third-order valence-electron chi connectivity index (χ3n) is 3.14. The third kappa shape index (κ3) is 2.91. The second-order valence-electron chi connectivity index (χ2n) is 4.70. The predicted molar refractivity (Wildman–Crippen MR) is 96.0 cm³/mol. The Labute approximate surface area is 144 Å². The molecule has 0 unspecified atom stereocenters. The highest BCUT2D eigenvalue weighted by atomic mass is 79.9. The molecule has 4 nitrogen and oxygen atoms in total. The van der Waals surface area contributed by atoms with E-state index in [0.717, 1.165) is 25.5 Å². The molecule has 0 saturated heterocycles. The number of halogens is 2. The van der Waals surface area contributed by atoms with Crippen LogP contribution in [0.15, 0.2) is 51.4 Å². The Morgan fingerprint density at radius 3 is 2.59 bits per heavy atom. The van der Waals surface area contributed by atoms with Gasteiger partial charge in [-0.15, -0.1) is 0 Å². The van der Waals surface area contributed by atoms with Crippen LogP contribution in [0.5, 0.6) is 0 Å². The molecule has 0 atom stereocenters. The fraction of sp³-hybridized carbons (Fsp3) is 0. The molecule has 1 aromatic heterocycles. The van der Waals surface area contributed by atoms with Crippen molar-refractivity contribution in [3.8, 4) is 6.07 Å². The van der Waals surface area contributed by atoms with Gasteiger partial charge in [0.05, 0.1) is 11.1 Å². The minimum Gasteiger partial charge on any atom is -0.399 e. The molecule has 0 aliphatic carbocycles. The molecule has 0 fully saturated rings. The lowest BCUT2D eigenvalue weighted by molar-refractivity contribution is 1.34. The van der Waals surface area contributed by atoms with Crippen molar-refractivity contribution in [3.63, 3.8) is 0 Å².